The van der Waals surface area contributed by atoms with E-state index in [-0.39, 0.29) is 5.41 Å². The summed E-state index contributed by atoms with van der Waals surface area (Å²) in [6.45, 7) is 8.75. The van der Waals surface area contributed by atoms with Gasteiger partial charge in [-0.15, -0.1) is 0 Å². The van der Waals surface area contributed by atoms with Crippen LogP contribution in [0.4, 0.5) is 11.4 Å². The highest BCUT2D eigenvalue weighted by molar-refractivity contribution is 5.70. The summed E-state index contributed by atoms with van der Waals surface area (Å²) >= 11 is 0. The van der Waals surface area contributed by atoms with Gasteiger partial charge in [-0.1, -0.05) is 26.0 Å². The van der Waals surface area contributed by atoms with Crippen molar-refractivity contribution in [3.05, 3.63) is 24.3 Å². The van der Waals surface area contributed by atoms with Crippen LogP contribution in [0.25, 0.3) is 0 Å². The Balaban J connectivity index is 2.01. The molecular formula is C17H25N3O. The maximum absolute atomic E-state index is 8.74. The zero-order valence-corrected chi connectivity index (χ0v) is 13.1. The average Bonchev–Trinajstić information content (AvgIpc) is 2.52. The van der Waals surface area contributed by atoms with Crippen molar-refractivity contribution in [2.45, 2.75) is 26.7 Å². The minimum absolute atomic E-state index is 0.119. The predicted molar refractivity (Wildman–Crippen MR) is 86.6 cm³/mol. The summed E-state index contributed by atoms with van der Waals surface area (Å²) in [5.74, 6) is 0. The van der Waals surface area contributed by atoms with E-state index in [0.29, 0.717) is 6.42 Å². The Morgan fingerprint density at radius 3 is 2.71 bits per heavy atom. The van der Waals surface area contributed by atoms with E-state index < -0.39 is 0 Å². The van der Waals surface area contributed by atoms with Crippen molar-refractivity contribution in [3.63, 3.8) is 0 Å². The first-order valence-electron chi connectivity index (χ1n) is 7.65. The molecule has 1 aromatic rings. The molecule has 1 N–H and O–H groups in total. The lowest BCUT2D eigenvalue weighted by molar-refractivity contribution is 0.123. The summed E-state index contributed by atoms with van der Waals surface area (Å²) in [7, 11) is 0. The maximum atomic E-state index is 8.74. The molecule has 1 saturated heterocycles. The smallest absolute Gasteiger partial charge is 0.0642 e. The molecule has 0 unspecified atom stereocenters. The largest absolute Gasteiger partial charge is 0.383 e. The zero-order valence-electron chi connectivity index (χ0n) is 13.1. The third kappa shape index (κ3) is 4.64. The Morgan fingerprint density at radius 2 is 2.00 bits per heavy atom. The van der Waals surface area contributed by atoms with Gasteiger partial charge in [0.25, 0.3) is 0 Å². The van der Waals surface area contributed by atoms with Crippen LogP contribution in [0.3, 0.4) is 0 Å². The number of ether oxygens (including phenoxy) is 1. The Morgan fingerprint density at radius 1 is 1.29 bits per heavy atom. The van der Waals surface area contributed by atoms with Gasteiger partial charge in [-0.3, -0.25) is 0 Å². The van der Waals surface area contributed by atoms with E-state index in [9.17, 15) is 0 Å². The van der Waals surface area contributed by atoms with E-state index in [1.807, 2.05) is 0 Å². The van der Waals surface area contributed by atoms with E-state index in [2.05, 4.69) is 54.4 Å². The van der Waals surface area contributed by atoms with Gasteiger partial charge in [0, 0.05) is 26.1 Å². The van der Waals surface area contributed by atoms with Crippen molar-refractivity contribution in [2.24, 2.45) is 5.41 Å². The molecule has 21 heavy (non-hydrogen) atoms. The lowest BCUT2D eigenvalue weighted by Crippen LogP contribution is -2.36. The van der Waals surface area contributed by atoms with Gasteiger partial charge in [0.1, 0.15) is 0 Å². The number of hydrogen-bond acceptors (Lipinski definition) is 4. The van der Waals surface area contributed by atoms with Gasteiger partial charge in [0.15, 0.2) is 0 Å². The number of nitriles is 1. The van der Waals surface area contributed by atoms with Gasteiger partial charge in [0.05, 0.1) is 30.7 Å². The summed E-state index contributed by atoms with van der Waals surface area (Å²) in [6, 6.07) is 10.7. The Labute approximate surface area is 127 Å². The van der Waals surface area contributed by atoms with Crippen LogP contribution >= 0.6 is 0 Å². The quantitative estimate of drug-likeness (QED) is 0.872. The fraction of sp³-hybridized carbons (Fsp3) is 0.588. The van der Waals surface area contributed by atoms with Gasteiger partial charge < -0.3 is 15.0 Å². The highest BCUT2D eigenvalue weighted by atomic mass is 16.5. The third-order valence-electron chi connectivity index (χ3n) is 3.93. The summed E-state index contributed by atoms with van der Waals surface area (Å²) in [6.07, 6.45) is 1.52. The zero-order chi connectivity index (χ0) is 15.1. The second-order valence-electron chi connectivity index (χ2n) is 6.29. The molecule has 1 aromatic carbocycles. The molecule has 0 aliphatic carbocycles. The summed E-state index contributed by atoms with van der Waals surface area (Å²) in [4.78, 5) is 2.37. The molecule has 2 rings (SSSR count). The highest BCUT2D eigenvalue weighted by Gasteiger charge is 2.19. The van der Waals surface area contributed by atoms with E-state index in [4.69, 9.17) is 10.00 Å². The average molecular weight is 287 g/mol. The second-order valence-corrected chi connectivity index (χ2v) is 6.29. The monoisotopic (exact) mass is 287 g/mol. The topological polar surface area (TPSA) is 48.3 Å². The van der Waals surface area contributed by atoms with Crippen LogP contribution in [0.15, 0.2) is 24.3 Å². The van der Waals surface area contributed by atoms with E-state index in [0.717, 1.165) is 39.3 Å². The van der Waals surface area contributed by atoms with E-state index in [1.54, 1.807) is 0 Å². The molecule has 0 amide bonds. The number of morpholine rings is 1. The number of hydrogen-bond donors (Lipinski definition) is 1. The van der Waals surface area contributed by atoms with Crippen LogP contribution in [-0.2, 0) is 4.74 Å². The van der Waals surface area contributed by atoms with Crippen LogP contribution in [0, 0.1) is 16.7 Å². The molecule has 0 bridgehead atoms. The van der Waals surface area contributed by atoms with Gasteiger partial charge in [-0.05, 0) is 24.0 Å². The molecule has 114 valence electrons. The Bertz CT molecular complexity index is 487. The van der Waals surface area contributed by atoms with Crippen molar-refractivity contribution in [3.8, 4) is 6.07 Å². The van der Waals surface area contributed by atoms with Gasteiger partial charge in [-0.2, -0.15) is 5.26 Å². The summed E-state index contributed by atoms with van der Waals surface area (Å²) in [5, 5.41) is 12.3. The molecule has 4 heteroatoms. The molecule has 1 fully saturated rings. The third-order valence-corrected chi connectivity index (χ3v) is 3.93. The number of para-hydroxylation sites is 2. The predicted octanol–water partition coefficient (Wildman–Crippen LogP) is 3.27. The van der Waals surface area contributed by atoms with Crippen LogP contribution in [0.5, 0.6) is 0 Å². The van der Waals surface area contributed by atoms with Crippen LogP contribution < -0.4 is 10.2 Å². The molecule has 4 nitrogen and oxygen atoms in total. The normalized spacial score (nSPS) is 15.6. The van der Waals surface area contributed by atoms with Gasteiger partial charge in [-0.25, -0.2) is 0 Å². The fourth-order valence-electron chi connectivity index (χ4n) is 2.52. The minimum atomic E-state index is 0.119. The van der Waals surface area contributed by atoms with Crippen molar-refractivity contribution in [2.75, 3.05) is 43.1 Å². The van der Waals surface area contributed by atoms with Gasteiger partial charge in [0.2, 0.25) is 0 Å². The fourth-order valence-corrected chi connectivity index (χ4v) is 2.52. The number of nitrogens with one attached hydrogen (secondary N) is 1. The molecule has 0 radical (unpaired) electrons. The van der Waals surface area contributed by atoms with Crippen molar-refractivity contribution >= 4 is 11.4 Å². The number of nitrogens with zero attached hydrogens (tertiary/aromatic N) is 2. The van der Waals surface area contributed by atoms with Crippen LogP contribution in [-0.4, -0.2) is 32.8 Å². The molecule has 0 spiro atoms. The summed E-state index contributed by atoms with van der Waals surface area (Å²) < 4.78 is 5.43. The molecule has 1 heterocycles. The first-order chi connectivity index (χ1) is 10.1. The van der Waals surface area contributed by atoms with Gasteiger partial charge >= 0.3 is 0 Å². The van der Waals surface area contributed by atoms with Crippen LogP contribution in [0.2, 0.25) is 0 Å². The molecule has 1 aliphatic rings. The van der Waals surface area contributed by atoms with Crippen molar-refractivity contribution < 1.29 is 4.74 Å². The SMILES string of the molecule is CC(C)(CCC#N)CNc1ccccc1N1CCOCC1. The molecule has 0 saturated carbocycles. The Kier molecular flexibility index (Phi) is 5.46. The second kappa shape index (κ2) is 7.33. The standard InChI is InChI=1S/C17H25N3O/c1-17(2,8-5-9-18)14-19-15-6-3-4-7-16(15)20-10-12-21-13-11-20/h3-4,6-7,19H,5,8,10-14H2,1-2H3. The molecule has 0 aromatic heterocycles. The van der Waals surface area contributed by atoms with E-state index in [1.165, 1.54) is 11.4 Å². The molecule has 0 atom stereocenters. The number of rotatable bonds is 6. The first-order valence-corrected chi connectivity index (χ1v) is 7.65. The maximum Gasteiger partial charge on any atom is 0.0642 e. The van der Waals surface area contributed by atoms with E-state index >= 15 is 0 Å². The van der Waals surface area contributed by atoms with Crippen LogP contribution in [0.1, 0.15) is 26.7 Å². The lowest BCUT2D eigenvalue weighted by atomic mass is 9.88. The Hall–Kier alpha value is -1.73. The lowest BCUT2D eigenvalue weighted by Gasteiger charge is -2.32. The molecular weight excluding hydrogens is 262 g/mol. The summed E-state index contributed by atoms with van der Waals surface area (Å²) in [5.41, 5.74) is 2.54. The van der Waals surface area contributed by atoms with Crippen molar-refractivity contribution in [1.82, 2.24) is 0 Å². The highest BCUT2D eigenvalue weighted by Crippen LogP contribution is 2.29. The molecule has 1 aliphatic heterocycles. The van der Waals surface area contributed by atoms with Crippen molar-refractivity contribution in [1.29, 1.82) is 5.26 Å². The minimum Gasteiger partial charge on any atom is -0.383 e. The first kappa shape index (κ1) is 15.7. The number of anilines is 2. The number of benzene rings is 1.